The van der Waals surface area contributed by atoms with Gasteiger partial charge < -0.3 is 10.2 Å². The van der Waals surface area contributed by atoms with Gasteiger partial charge in [-0.25, -0.2) is 0 Å². The summed E-state index contributed by atoms with van der Waals surface area (Å²) in [6.45, 7) is 11.3. The third-order valence-corrected chi connectivity index (χ3v) is 4.40. The molecule has 2 heteroatoms. The van der Waals surface area contributed by atoms with Gasteiger partial charge in [0.05, 0.1) is 0 Å². The first-order chi connectivity index (χ1) is 7.75. The monoisotopic (exact) mass is 224 g/mol. The Hall–Kier alpha value is -0.0800. The van der Waals surface area contributed by atoms with Gasteiger partial charge in [-0.05, 0) is 63.1 Å². The zero-order chi connectivity index (χ0) is 11.4. The van der Waals surface area contributed by atoms with Crippen LogP contribution in [-0.2, 0) is 0 Å². The summed E-state index contributed by atoms with van der Waals surface area (Å²) in [6.07, 6.45) is 5.70. The second-order valence-corrected chi connectivity index (χ2v) is 6.12. The van der Waals surface area contributed by atoms with Crippen LogP contribution in [0, 0.1) is 17.8 Å². The largest absolute Gasteiger partial charge is 0.316 e. The highest BCUT2D eigenvalue weighted by Crippen LogP contribution is 2.24. The van der Waals surface area contributed by atoms with Crippen molar-refractivity contribution in [1.82, 2.24) is 10.2 Å². The number of rotatable bonds is 3. The summed E-state index contributed by atoms with van der Waals surface area (Å²) >= 11 is 0. The Kier molecular flexibility index (Phi) is 4.66. The van der Waals surface area contributed by atoms with Gasteiger partial charge >= 0.3 is 0 Å². The van der Waals surface area contributed by atoms with Crippen molar-refractivity contribution < 1.29 is 0 Å². The summed E-state index contributed by atoms with van der Waals surface area (Å²) in [4.78, 5) is 2.73. The number of hydrogen-bond donors (Lipinski definition) is 1. The third kappa shape index (κ3) is 3.46. The Bertz CT molecular complexity index is 197. The molecule has 0 radical (unpaired) electrons. The second-order valence-electron chi connectivity index (χ2n) is 6.12. The number of piperidine rings is 2. The summed E-state index contributed by atoms with van der Waals surface area (Å²) in [5.74, 6) is 2.73. The highest BCUT2D eigenvalue weighted by molar-refractivity contribution is 4.79. The minimum atomic E-state index is 0.868. The summed E-state index contributed by atoms with van der Waals surface area (Å²) < 4.78 is 0. The predicted octanol–water partition coefficient (Wildman–Crippen LogP) is 2.35. The van der Waals surface area contributed by atoms with E-state index < -0.39 is 0 Å². The first-order valence-corrected chi connectivity index (χ1v) is 7.19. The molecule has 2 atom stereocenters. The van der Waals surface area contributed by atoms with Crippen LogP contribution in [0.3, 0.4) is 0 Å². The normalized spacial score (nSPS) is 33.2. The molecule has 2 nitrogen and oxygen atoms in total. The smallest absolute Gasteiger partial charge is 0.00219 e. The SMILES string of the molecule is CC(C)C1CCCN(CC2CCCNC2)C1. The molecule has 2 unspecified atom stereocenters. The van der Waals surface area contributed by atoms with Crippen molar-refractivity contribution in [3.05, 3.63) is 0 Å². The van der Waals surface area contributed by atoms with Gasteiger partial charge in [0.15, 0.2) is 0 Å². The fourth-order valence-corrected chi connectivity index (χ4v) is 3.25. The molecular formula is C14H28N2. The van der Waals surface area contributed by atoms with E-state index in [9.17, 15) is 0 Å². The van der Waals surface area contributed by atoms with Crippen LogP contribution in [0.25, 0.3) is 0 Å². The summed E-state index contributed by atoms with van der Waals surface area (Å²) in [5, 5.41) is 3.53. The van der Waals surface area contributed by atoms with Gasteiger partial charge in [0.25, 0.3) is 0 Å². The van der Waals surface area contributed by atoms with Crippen molar-refractivity contribution in [2.45, 2.75) is 39.5 Å². The van der Waals surface area contributed by atoms with E-state index in [1.54, 1.807) is 0 Å². The molecule has 2 aliphatic heterocycles. The number of nitrogens with zero attached hydrogens (tertiary/aromatic N) is 1. The van der Waals surface area contributed by atoms with Gasteiger partial charge in [0.1, 0.15) is 0 Å². The van der Waals surface area contributed by atoms with Gasteiger partial charge in [-0.1, -0.05) is 13.8 Å². The van der Waals surface area contributed by atoms with E-state index in [2.05, 4.69) is 24.1 Å². The van der Waals surface area contributed by atoms with Crippen LogP contribution in [0.5, 0.6) is 0 Å². The van der Waals surface area contributed by atoms with Crippen LogP contribution in [0.2, 0.25) is 0 Å². The van der Waals surface area contributed by atoms with Gasteiger partial charge in [-0.2, -0.15) is 0 Å². The van der Waals surface area contributed by atoms with Crippen LogP contribution in [0.15, 0.2) is 0 Å². The molecule has 0 aromatic heterocycles. The Balaban J connectivity index is 1.75. The first kappa shape index (κ1) is 12.4. The second kappa shape index (κ2) is 6.02. The summed E-state index contributed by atoms with van der Waals surface area (Å²) in [6, 6.07) is 0. The van der Waals surface area contributed by atoms with Crippen LogP contribution >= 0.6 is 0 Å². The average molecular weight is 224 g/mol. The van der Waals surface area contributed by atoms with Crippen LogP contribution in [0.1, 0.15) is 39.5 Å². The van der Waals surface area contributed by atoms with Gasteiger partial charge in [-0.15, -0.1) is 0 Å². The quantitative estimate of drug-likeness (QED) is 0.791. The van der Waals surface area contributed by atoms with Crippen molar-refractivity contribution >= 4 is 0 Å². The highest BCUT2D eigenvalue weighted by Gasteiger charge is 2.24. The highest BCUT2D eigenvalue weighted by atomic mass is 15.1. The van der Waals surface area contributed by atoms with Crippen molar-refractivity contribution in [3.63, 3.8) is 0 Å². The molecule has 94 valence electrons. The molecule has 0 aliphatic carbocycles. The minimum absolute atomic E-state index is 0.868. The molecule has 0 aromatic rings. The van der Waals surface area contributed by atoms with E-state index in [0.717, 1.165) is 17.8 Å². The Morgan fingerprint density at radius 1 is 1.25 bits per heavy atom. The zero-order valence-electron chi connectivity index (χ0n) is 11.0. The van der Waals surface area contributed by atoms with E-state index in [4.69, 9.17) is 0 Å². The maximum Gasteiger partial charge on any atom is 0.00219 e. The number of nitrogens with one attached hydrogen (secondary N) is 1. The molecule has 0 aromatic carbocycles. The number of hydrogen-bond acceptors (Lipinski definition) is 2. The summed E-state index contributed by atoms with van der Waals surface area (Å²) in [7, 11) is 0. The van der Waals surface area contributed by atoms with Crippen molar-refractivity contribution in [3.8, 4) is 0 Å². The molecule has 1 N–H and O–H groups in total. The molecule has 2 fully saturated rings. The van der Waals surface area contributed by atoms with E-state index in [0.29, 0.717) is 0 Å². The van der Waals surface area contributed by atoms with E-state index in [1.807, 2.05) is 0 Å². The summed E-state index contributed by atoms with van der Waals surface area (Å²) in [5.41, 5.74) is 0. The van der Waals surface area contributed by atoms with E-state index in [-0.39, 0.29) is 0 Å². The van der Waals surface area contributed by atoms with E-state index in [1.165, 1.54) is 58.4 Å². The molecule has 2 aliphatic rings. The average Bonchev–Trinajstić information content (AvgIpc) is 2.30. The van der Waals surface area contributed by atoms with Crippen LogP contribution in [0.4, 0.5) is 0 Å². The molecule has 0 spiro atoms. The lowest BCUT2D eigenvalue weighted by Crippen LogP contribution is -2.43. The fourth-order valence-electron chi connectivity index (χ4n) is 3.25. The molecule has 0 bridgehead atoms. The lowest BCUT2D eigenvalue weighted by molar-refractivity contribution is 0.120. The van der Waals surface area contributed by atoms with Gasteiger partial charge in [0, 0.05) is 13.1 Å². The predicted molar refractivity (Wildman–Crippen MR) is 69.6 cm³/mol. The van der Waals surface area contributed by atoms with Crippen molar-refractivity contribution in [2.75, 3.05) is 32.7 Å². The topological polar surface area (TPSA) is 15.3 Å². The maximum atomic E-state index is 3.53. The molecule has 2 rings (SSSR count). The maximum absolute atomic E-state index is 3.53. The number of likely N-dealkylation sites (tertiary alicyclic amines) is 1. The molecule has 16 heavy (non-hydrogen) atoms. The van der Waals surface area contributed by atoms with Crippen molar-refractivity contribution in [1.29, 1.82) is 0 Å². The van der Waals surface area contributed by atoms with Crippen molar-refractivity contribution in [2.24, 2.45) is 17.8 Å². The lowest BCUT2D eigenvalue weighted by atomic mass is 9.87. The molecule has 0 amide bonds. The van der Waals surface area contributed by atoms with Crippen LogP contribution < -0.4 is 5.32 Å². The Morgan fingerprint density at radius 3 is 2.81 bits per heavy atom. The van der Waals surface area contributed by atoms with Crippen LogP contribution in [-0.4, -0.2) is 37.6 Å². The Labute approximate surface area is 101 Å². The Morgan fingerprint density at radius 2 is 2.12 bits per heavy atom. The fraction of sp³-hybridized carbons (Fsp3) is 1.00. The zero-order valence-corrected chi connectivity index (χ0v) is 11.0. The van der Waals surface area contributed by atoms with Gasteiger partial charge in [-0.3, -0.25) is 0 Å². The third-order valence-electron chi connectivity index (χ3n) is 4.40. The molecule has 0 saturated carbocycles. The minimum Gasteiger partial charge on any atom is -0.316 e. The van der Waals surface area contributed by atoms with Gasteiger partial charge in [0.2, 0.25) is 0 Å². The molecule has 2 heterocycles. The molecular weight excluding hydrogens is 196 g/mol. The van der Waals surface area contributed by atoms with E-state index >= 15 is 0 Å². The lowest BCUT2D eigenvalue weighted by Gasteiger charge is -2.37. The standard InChI is InChI=1S/C14H28N2/c1-12(2)14-6-4-8-16(11-14)10-13-5-3-7-15-9-13/h12-15H,3-11H2,1-2H3. The molecule has 2 saturated heterocycles. The first-order valence-electron chi connectivity index (χ1n) is 7.19.